The Hall–Kier alpha value is -3.33. The van der Waals surface area contributed by atoms with Crippen LogP contribution in [0.25, 0.3) is 0 Å². The predicted molar refractivity (Wildman–Crippen MR) is 105 cm³/mol. The summed E-state index contributed by atoms with van der Waals surface area (Å²) >= 11 is 0. The third-order valence-corrected chi connectivity index (χ3v) is 4.71. The van der Waals surface area contributed by atoms with Gasteiger partial charge in [-0.2, -0.15) is 5.26 Å². The van der Waals surface area contributed by atoms with Crippen molar-refractivity contribution in [2.45, 2.75) is 38.5 Å². The molecule has 28 heavy (non-hydrogen) atoms. The van der Waals surface area contributed by atoms with E-state index >= 15 is 0 Å². The van der Waals surface area contributed by atoms with Gasteiger partial charge in [-0.25, -0.2) is 0 Å². The summed E-state index contributed by atoms with van der Waals surface area (Å²) in [6.45, 7) is 2.23. The molecule has 2 aromatic rings. The Morgan fingerprint density at radius 1 is 1.18 bits per heavy atom. The highest BCUT2D eigenvalue weighted by Gasteiger charge is 2.35. The molecule has 0 heterocycles. The molecular weight excluding hydrogens is 354 g/mol. The van der Waals surface area contributed by atoms with Gasteiger partial charge in [0.25, 0.3) is 11.8 Å². The maximum absolute atomic E-state index is 13.0. The van der Waals surface area contributed by atoms with Crippen LogP contribution in [0.4, 0.5) is 0 Å². The first-order chi connectivity index (χ1) is 13.5. The zero-order valence-electron chi connectivity index (χ0n) is 16.0. The molecule has 0 aliphatic heterocycles. The minimum atomic E-state index is -0.626. The monoisotopic (exact) mass is 377 g/mol. The number of rotatable bonds is 7. The van der Waals surface area contributed by atoms with E-state index in [0.29, 0.717) is 23.4 Å². The normalized spacial score (nSPS) is 13.9. The van der Waals surface area contributed by atoms with E-state index in [-0.39, 0.29) is 17.9 Å². The molecule has 1 N–H and O–H groups in total. The summed E-state index contributed by atoms with van der Waals surface area (Å²) in [5.41, 5.74) is 2.11. The number of ether oxygens (including phenoxy) is 1. The minimum Gasteiger partial charge on any atom is -0.481 e. The summed E-state index contributed by atoms with van der Waals surface area (Å²) in [6, 6.07) is 16.3. The Morgan fingerprint density at radius 2 is 1.82 bits per heavy atom. The van der Waals surface area contributed by atoms with E-state index < -0.39 is 6.10 Å². The lowest BCUT2D eigenvalue weighted by molar-refractivity contribution is -0.139. The van der Waals surface area contributed by atoms with Crippen LogP contribution in [0.1, 0.15) is 41.3 Å². The van der Waals surface area contributed by atoms with E-state index in [1.807, 2.05) is 17.0 Å². The molecule has 0 bridgehead atoms. The number of hydrogen-bond donors (Lipinski definition) is 1. The molecule has 1 aliphatic carbocycles. The molecule has 0 radical (unpaired) electrons. The van der Waals surface area contributed by atoms with Gasteiger partial charge in [0, 0.05) is 25.2 Å². The minimum absolute atomic E-state index is 0.0674. The van der Waals surface area contributed by atoms with Gasteiger partial charge in [-0.15, -0.1) is 0 Å². The molecular formula is C22H23N3O3. The molecule has 1 fully saturated rings. The quantitative estimate of drug-likeness (QED) is 0.804. The highest BCUT2D eigenvalue weighted by Crippen LogP contribution is 2.29. The third-order valence-electron chi connectivity index (χ3n) is 4.71. The van der Waals surface area contributed by atoms with Crippen LogP contribution in [-0.4, -0.2) is 35.9 Å². The Kier molecular flexibility index (Phi) is 5.95. The van der Waals surface area contributed by atoms with Gasteiger partial charge >= 0.3 is 0 Å². The number of carbonyl (C=O) groups excluding carboxylic acids is 2. The topological polar surface area (TPSA) is 82.4 Å². The van der Waals surface area contributed by atoms with E-state index in [4.69, 9.17) is 10.00 Å². The van der Waals surface area contributed by atoms with Crippen LogP contribution < -0.4 is 10.1 Å². The molecule has 3 rings (SSSR count). The molecule has 6 heteroatoms. The van der Waals surface area contributed by atoms with Crippen LogP contribution in [0.5, 0.6) is 5.75 Å². The molecule has 2 aromatic carbocycles. The first kappa shape index (κ1) is 19.4. The number of hydrogen-bond acceptors (Lipinski definition) is 4. The van der Waals surface area contributed by atoms with E-state index in [0.717, 1.165) is 18.4 Å². The van der Waals surface area contributed by atoms with Crippen molar-refractivity contribution in [3.05, 3.63) is 65.2 Å². The van der Waals surface area contributed by atoms with Crippen molar-refractivity contribution in [1.29, 1.82) is 5.26 Å². The van der Waals surface area contributed by atoms with Gasteiger partial charge in [0.15, 0.2) is 6.10 Å². The SMILES string of the molecule is CNC(=O)c1ccc(CN(C(=O)C(C)Oc2ccc(C#N)cc2)C2CC2)cc1. The average Bonchev–Trinajstić information content (AvgIpc) is 3.57. The summed E-state index contributed by atoms with van der Waals surface area (Å²) in [5.74, 6) is 0.360. The lowest BCUT2D eigenvalue weighted by Gasteiger charge is -2.26. The molecule has 144 valence electrons. The second kappa shape index (κ2) is 8.57. The van der Waals surface area contributed by atoms with Gasteiger partial charge in [-0.1, -0.05) is 12.1 Å². The lowest BCUT2D eigenvalue weighted by Crippen LogP contribution is -2.41. The first-order valence-corrected chi connectivity index (χ1v) is 9.30. The Labute approximate surface area is 164 Å². The van der Waals surface area contributed by atoms with E-state index in [1.165, 1.54) is 0 Å². The van der Waals surface area contributed by atoms with Gasteiger partial charge < -0.3 is 15.0 Å². The number of nitrogens with one attached hydrogen (secondary N) is 1. The standard InChI is InChI=1S/C22H23N3O3/c1-15(28-20-11-5-16(13-23)6-12-20)22(27)25(19-9-10-19)14-17-3-7-18(8-4-17)21(26)24-2/h3-8,11-12,15,19H,9-10,14H2,1-2H3,(H,24,26). The molecule has 1 aliphatic rings. The van der Waals surface area contributed by atoms with Crippen LogP contribution in [0.2, 0.25) is 0 Å². The maximum atomic E-state index is 13.0. The van der Waals surface area contributed by atoms with E-state index in [9.17, 15) is 9.59 Å². The number of amides is 2. The van der Waals surface area contributed by atoms with Gasteiger partial charge in [0.2, 0.25) is 0 Å². The van der Waals surface area contributed by atoms with Gasteiger partial charge in [0.1, 0.15) is 5.75 Å². The molecule has 0 spiro atoms. The van der Waals surface area contributed by atoms with Crippen molar-refractivity contribution < 1.29 is 14.3 Å². The fourth-order valence-electron chi connectivity index (χ4n) is 2.97. The highest BCUT2D eigenvalue weighted by atomic mass is 16.5. The Morgan fingerprint density at radius 3 is 2.36 bits per heavy atom. The van der Waals surface area contributed by atoms with Crippen LogP contribution in [0, 0.1) is 11.3 Å². The molecule has 0 aromatic heterocycles. The largest absolute Gasteiger partial charge is 0.481 e. The lowest BCUT2D eigenvalue weighted by atomic mass is 10.1. The van der Waals surface area contributed by atoms with Crippen LogP contribution in [0.15, 0.2) is 48.5 Å². The molecule has 1 saturated carbocycles. The van der Waals surface area contributed by atoms with Crippen molar-refractivity contribution in [1.82, 2.24) is 10.2 Å². The van der Waals surface area contributed by atoms with Crippen molar-refractivity contribution in [2.24, 2.45) is 0 Å². The summed E-state index contributed by atoms with van der Waals surface area (Å²) in [6.07, 6.45) is 1.36. The zero-order valence-corrected chi connectivity index (χ0v) is 16.0. The summed E-state index contributed by atoms with van der Waals surface area (Å²) in [4.78, 5) is 26.5. The number of benzene rings is 2. The number of carbonyl (C=O) groups is 2. The molecule has 6 nitrogen and oxygen atoms in total. The second-order valence-corrected chi connectivity index (χ2v) is 6.87. The fourth-order valence-corrected chi connectivity index (χ4v) is 2.97. The Balaban J connectivity index is 1.66. The Bertz CT molecular complexity index is 881. The summed E-state index contributed by atoms with van der Waals surface area (Å²) < 4.78 is 5.78. The number of nitrogens with zero attached hydrogens (tertiary/aromatic N) is 2. The smallest absolute Gasteiger partial charge is 0.263 e. The molecule has 0 saturated heterocycles. The maximum Gasteiger partial charge on any atom is 0.263 e. The highest BCUT2D eigenvalue weighted by molar-refractivity contribution is 5.93. The second-order valence-electron chi connectivity index (χ2n) is 6.87. The van der Waals surface area contributed by atoms with Gasteiger partial charge in [-0.3, -0.25) is 9.59 Å². The van der Waals surface area contributed by atoms with Gasteiger partial charge in [0.05, 0.1) is 11.6 Å². The fraction of sp³-hybridized carbons (Fsp3) is 0.318. The van der Waals surface area contributed by atoms with E-state index in [1.54, 1.807) is 50.4 Å². The predicted octanol–water partition coefficient (Wildman–Crippen LogP) is 2.88. The molecule has 1 unspecified atom stereocenters. The van der Waals surface area contributed by atoms with Crippen molar-refractivity contribution in [3.63, 3.8) is 0 Å². The summed E-state index contributed by atoms with van der Waals surface area (Å²) in [5, 5.41) is 11.5. The average molecular weight is 377 g/mol. The third kappa shape index (κ3) is 4.68. The van der Waals surface area contributed by atoms with Crippen LogP contribution >= 0.6 is 0 Å². The van der Waals surface area contributed by atoms with E-state index in [2.05, 4.69) is 11.4 Å². The number of nitriles is 1. The van der Waals surface area contributed by atoms with Crippen molar-refractivity contribution in [2.75, 3.05) is 7.05 Å². The first-order valence-electron chi connectivity index (χ1n) is 9.30. The van der Waals surface area contributed by atoms with Crippen molar-refractivity contribution in [3.8, 4) is 11.8 Å². The zero-order chi connectivity index (χ0) is 20.1. The van der Waals surface area contributed by atoms with Crippen molar-refractivity contribution >= 4 is 11.8 Å². The van der Waals surface area contributed by atoms with Crippen LogP contribution in [-0.2, 0) is 11.3 Å². The molecule has 1 atom stereocenters. The van der Waals surface area contributed by atoms with Gasteiger partial charge in [-0.05, 0) is 61.7 Å². The molecule has 2 amide bonds. The summed E-state index contributed by atoms with van der Waals surface area (Å²) in [7, 11) is 1.60. The van der Waals surface area contributed by atoms with Crippen LogP contribution in [0.3, 0.4) is 0 Å².